The van der Waals surface area contributed by atoms with E-state index in [-0.39, 0.29) is 11.1 Å². The van der Waals surface area contributed by atoms with Crippen LogP contribution in [-0.4, -0.2) is 48.9 Å². The highest BCUT2D eigenvalue weighted by molar-refractivity contribution is 7.89. The van der Waals surface area contributed by atoms with Crippen molar-refractivity contribution in [3.63, 3.8) is 0 Å². The molecule has 0 radical (unpaired) electrons. The lowest BCUT2D eigenvalue weighted by molar-refractivity contribution is 0.383. The average molecular weight is 382 g/mol. The molecule has 0 spiro atoms. The molecular formula is C16H20ClN5O2S. The molecule has 25 heavy (non-hydrogen) atoms. The molecule has 2 aromatic rings. The lowest BCUT2D eigenvalue weighted by Gasteiger charge is -2.35. The van der Waals surface area contributed by atoms with Gasteiger partial charge in [0, 0.05) is 32.2 Å². The van der Waals surface area contributed by atoms with E-state index in [1.165, 1.54) is 4.31 Å². The molecule has 0 bridgehead atoms. The van der Waals surface area contributed by atoms with E-state index in [1.54, 1.807) is 12.1 Å². The number of hydrogen-bond donors (Lipinski definition) is 1. The maximum atomic E-state index is 12.9. The molecule has 9 heteroatoms. The number of hydrogen-bond acceptors (Lipinski definition) is 6. The molecule has 1 aliphatic rings. The van der Waals surface area contributed by atoms with Crippen LogP contribution in [0.5, 0.6) is 0 Å². The first kappa shape index (κ1) is 17.9. The summed E-state index contributed by atoms with van der Waals surface area (Å²) in [6.45, 7) is 5.53. The minimum atomic E-state index is -3.51. The van der Waals surface area contributed by atoms with E-state index in [9.17, 15) is 8.42 Å². The minimum Gasteiger partial charge on any atom is -0.368 e. The maximum absolute atomic E-state index is 12.9. The second-order valence-corrected chi connectivity index (χ2v) is 8.36. The summed E-state index contributed by atoms with van der Waals surface area (Å²) in [7, 11) is -3.51. The Bertz CT molecular complexity index is 875. The molecule has 0 saturated carbocycles. The van der Waals surface area contributed by atoms with Crippen LogP contribution in [0.15, 0.2) is 29.2 Å². The molecule has 0 unspecified atom stereocenters. The minimum absolute atomic E-state index is 0.104. The van der Waals surface area contributed by atoms with Gasteiger partial charge in [-0.15, -0.1) is 0 Å². The standard InChI is InChI=1S/C16H20ClN5O2S/c1-11-3-4-13(12(2)9-11)25(23,24)22-7-5-21(6-8-22)15-10-14(17)19-16(18)20-15/h3-4,9-10H,5-8H2,1-2H3,(H2,18,19,20). The van der Waals surface area contributed by atoms with Crippen molar-refractivity contribution in [3.8, 4) is 0 Å². The van der Waals surface area contributed by atoms with Crippen molar-refractivity contribution in [2.75, 3.05) is 36.8 Å². The third-order valence-corrected chi connectivity index (χ3v) is 6.46. The summed E-state index contributed by atoms with van der Waals surface area (Å²) < 4.78 is 27.3. The predicted octanol–water partition coefficient (Wildman–Crippen LogP) is 1.84. The average Bonchev–Trinajstić information content (AvgIpc) is 2.53. The van der Waals surface area contributed by atoms with Crippen LogP contribution in [0.3, 0.4) is 0 Å². The Morgan fingerprint density at radius 2 is 1.76 bits per heavy atom. The van der Waals surface area contributed by atoms with Crippen LogP contribution in [0, 0.1) is 13.8 Å². The number of benzene rings is 1. The van der Waals surface area contributed by atoms with Gasteiger partial charge in [-0.05, 0) is 25.5 Å². The summed E-state index contributed by atoms with van der Waals surface area (Å²) in [4.78, 5) is 10.3. The van der Waals surface area contributed by atoms with Crippen LogP contribution >= 0.6 is 11.6 Å². The second-order valence-electron chi connectivity index (χ2n) is 6.07. The Kier molecular flexibility index (Phi) is 4.86. The third kappa shape index (κ3) is 3.70. The van der Waals surface area contributed by atoms with Crippen LogP contribution in [0.2, 0.25) is 5.15 Å². The maximum Gasteiger partial charge on any atom is 0.243 e. The molecular weight excluding hydrogens is 362 g/mol. The van der Waals surface area contributed by atoms with Gasteiger partial charge in [-0.3, -0.25) is 0 Å². The number of anilines is 2. The Hall–Kier alpha value is -1.90. The zero-order valence-electron chi connectivity index (χ0n) is 14.1. The van der Waals surface area contributed by atoms with Gasteiger partial charge in [0.1, 0.15) is 11.0 Å². The molecule has 1 aliphatic heterocycles. The van der Waals surface area contributed by atoms with Crippen molar-refractivity contribution in [2.45, 2.75) is 18.7 Å². The third-order valence-electron chi connectivity index (χ3n) is 4.21. The second kappa shape index (κ2) is 6.78. The monoisotopic (exact) mass is 381 g/mol. The van der Waals surface area contributed by atoms with Crippen molar-refractivity contribution in [2.24, 2.45) is 0 Å². The van der Waals surface area contributed by atoms with Crippen molar-refractivity contribution in [1.82, 2.24) is 14.3 Å². The van der Waals surface area contributed by atoms with E-state index in [0.29, 0.717) is 36.9 Å². The summed E-state index contributed by atoms with van der Waals surface area (Å²) in [6, 6.07) is 7.01. The first-order valence-corrected chi connectivity index (χ1v) is 9.71. The number of aryl methyl sites for hydroxylation is 2. The fourth-order valence-corrected chi connectivity index (χ4v) is 4.78. The number of piperazine rings is 1. The molecule has 0 aliphatic carbocycles. The number of nitrogen functional groups attached to an aromatic ring is 1. The van der Waals surface area contributed by atoms with Crippen LogP contribution in [0.25, 0.3) is 0 Å². The van der Waals surface area contributed by atoms with Gasteiger partial charge in [-0.25, -0.2) is 13.4 Å². The summed E-state index contributed by atoms with van der Waals surface area (Å²) in [6.07, 6.45) is 0. The van der Waals surface area contributed by atoms with E-state index in [2.05, 4.69) is 9.97 Å². The summed E-state index contributed by atoms with van der Waals surface area (Å²) in [5.41, 5.74) is 7.43. The smallest absolute Gasteiger partial charge is 0.243 e. The Labute approximate surface area is 152 Å². The van der Waals surface area contributed by atoms with Crippen LogP contribution < -0.4 is 10.6 Å². The van der Waals surface area contributed by atoms with Crippen molar-refractivity contribution < 1.29 is 8.42 Å². The molecule has 0 atom stereocenters. The summed E-state index contributed by atoms with van der Waals surface area (Å²) >= 11 is 5.92. The zero-order chi connectivity index (χ0) is 18.2. The molecule has 1 aromatic heterocycles. The van der Waals surface area contributed by atoms with Gasteiger partial charge in [-0.1, -0.05) is 29.3 Å². The lowest BCUT2D eigenvalue weighted by Crippen LogP contribution is -2.49. The highest BCUT2D eigenvalue weighted by Gasteiger charge is 2.30. The van der Waals surface area contributed by atoms with Crippen LogP contribution in [0.4, 0.5) is 11.8 Å². The van der Waals surface area contributed by atoms with E-state index in [4.69, 9.17) is 17.3 Å². The number of sulfonamides is 1. The van der Waals surface area contributed by atoms with Gasteiger partial charge < -0.3 is 10.6 Å². The topological polar surface area (TPSA) is 92.4 Å². The van der Waals surface area contributed by atoms with Gasteiger partial charge in [0.05, 0.1) is 4.90 Å². The lowest BCUT2D eigenvalue weighted by atomic mass is 10.2. The number of rotatable bonds is 3. The molecule has 2 N–H and O–H groups in total. The Balaban J connectivity index is 1.77. The fourth-order valence-electron chi connectivity index (χ4n) is 2.97. The Morgan fingerprint density at radius 3 is 2.36 bits per heavy atom. The normalized spacial score (nSPS) is 16.2. The van der Waals surface area contributed by atoms with Crippen LogP contribution in [0.1, 0.15) is 11.1 Å². The molecule has 1 aromatic carbocycles. The molecule has 2 heterocycles. The van der Waals surface area contributed by atoms with Crippen LogP contribution in [-0.2, 0) is 10.0 Å². The quantitative estimate of drug-likeness (QED) is 0.815. The highest BCUT2D eigenvalue weighted by atomic mass is 35.5. The predicted molar refractivity (Wildman–Crippen MR) is 98.3 cm³/mol. The summed E-state index contributed by atoms with van der Waals surface area (Å²) in [5, 5.41) is 0.271. The van der Waals surface area contributed by atoms with E-state index in [1.807, 2.05) is 30.9 Å². The number of halogens is 1. The summed E-state index contributed by atoms with van der Waals surface area (Å²) in [5.74, 6) is 0.717. The number of aromatic nitrogens is 2. The largest absolute Gasteiger partial charge is 0.368 e. The first-order chi connectivity index (χ1) is 11.8. The molecule has 3 rings (SSSR count). The molecule has 134 valence electrons. The molecule has 1 saturated heterocycles. The van der Waals surface area contributed by atoms with Gasteiger partial charge in [-0.2, -0.15) is 9.29 Å². The first-order valence-electron chi connectivity index (χ1n) is 7.90. The van der Waals surface area contributed by atoms with E-state index in [0.717, 1.165) is 11.1 Å². The zero-order valence-corrected chi connectivity index (χ0v) is 15.7. The van der Waals surface area contributed by atoms with E-state index < -0.39 is 10.0 Å². The van der Waals surface area contributed by atoms with Gasteiger partial charge >= 0.3 is 0 Å². The van der Waals surface area contributed by atoms with Crippen molar-refractivity contribution in [1.29, 1.82) is 0 Å². The highest BCUT2D eigenvalue weighted by Crippen LogP contribution is 2.24. The number of nitrogens with zero attached hydrogens (tertiary/aromatic N) is 4. The van der Waals surface area contributed by atoms with Gasteiger partial charge in [0.15, 0.2) is 0 Å². The Morgan fingerprint density at radius 1 is 1.08 bits per heavy atom. The van der Waals surface area contributed by atoms with E-state index >= 15 is 0 Å². The molecule has 0 amide bonds. The van der Waals surface area contributed by atoms with Crippen molar-refractivity contribution >= 4 is 33.4 Å². The van der Waals surface area contributed by atoms with Gasteiger partial charge in [0.25, 0.3) is 0 Å². The SMILES string of the molecule is Cc1ccc(S(=O)(=O)N2CCN(c3cc(Cl)nc(N)n3)CC2)c(C)c1. The van der Waals surface area contributed by atoms with Crippen molar-refractivity contribution in [3.05, 3.63) is 40.5 Å². The molecule has 1 fully saturated rings. The molecule has 7 nitrogen and oxygen atoms in total. The van der Waals surface area contributed by atoms with Gasteiger partial charge in [0.2, 0.25) is 16.0 Å². The number of nitrogens with two attached hydrogens (primary N) is 1. The fraction of sp³-hybridized carbons (Fsp3) is 0.375.